The number of nitrogens with two attached hydrogens (primary N) is 1. The number of ether oxygens (including phenoxy) is 1. The number of rotatable bonds is 5. The van der Waals surface area contributed by atoms with Gasteiger partial charge in [0.1, 0.15) is 11.8 Å². The minimum Gasteiger partial charge on any atom is -0.431 e. The second-order valence-corrected chi connectivity index (χ2v) is 8.77. The monoisotopic (exact) mass is 480 g/mol. The molecule has 1 saturated heterocycles. The number of nitrogens with zero attached hydrogens (tertiary/aromatic N) is 6. The van der Waals surface area contributed by atoms with Gasteiger partial charge in [-0.15, -0.1) is 0 Å². The van der Waals surface area contributed by atoms with E-state index < -0.39 is 6.61 Å². The molecule has 3 N–H and O–H groups in total. The minimum absolute atomic E-state index is 0.122. The number of halogens is 2. The quantitative estimate of drug-likeness (QED) is 0.573. The predicted octanol–water partition coefficient (Wildman–Crippen LogP) is 2.82. The van der Waals surface area contributed by atoms with Gasteiger partial charge >= 0.3 is 12.6 Å². The number of likely N-dealkylation sites (tertiary alicyclic amines) is 1. The number of hydrogen-bond donors (Lipinski definition) is 2. The normalized spacial score (nSPS) is 16.5. The topological polar surface area (TPSA) is 135 Å². The molecule has 3 aromatic heterocycles. The number of nitrogens with one attached hydrogen (secondary N) is 1. The molecule has 12 heteroatoms. The van der Waals surface area contributed by atoms with Crippen molar-refractivity contribution in [2.24, 2.45) is 0 Å². The van der Waals surface area contributed by atoms with Crippen LogP contribution in [0.2, 0.25) is 0 Å². The summed E-state index contributed by atoms with van der Waals surface area (Å²) >= 11 is 0. The zero-order valence-corrected chi connectivity index (χ0v) is 18.8. The van der Waals surface area contributed by atoms with Crippen LogP contribution in [0.5, 0.6) is 5.75 Å². The minimum atomic E-state index is -3.01. The molecule has 2 amide bonds. The number of nitriles is 1. The molecule has 1 spiro atoms. The summed E-state index contributed by atoms with van der Waals surface area (Å²) in [6, 6.07) is 8.26. The summed E-state index contributed by atoms with van der Waals surface area (Å²) in [5.41, 5.74) is 8.61. The van der Waals surface area contributed by atoms with Crippen LogP contribution in [0.4, 0.5) is 19.4 Å². The average molecular weight is 480 g/mol. The van der Waals surface area contributed by atoms with E-state index in [1.54, 1.807) is 23.2 Å². The number of nitrogen functional groups attached to an aromatic ring is 1. The largest absolute Gasteiger partial charge is 0.431 e. The summed E-state index contributed by atoms with van der Waals surface area (Å²) in [5.74, 6) is -0.320. The van der Waals surface area contributed by atoms with Crippen LogP contribution >= 0.6 is 0 Å². The first-order valence-corrected chi connectivity index (χ1v) is 11.0. The van der Waals surface area contributed by atoms with Gasteiger partial charge in [-0.3, -0.25) is 4.68 Å². The van der Waals surface area contributed by atoms with E-state index in [-0.39, 0.29) is 29.1 Å². The lowest BCUT2D eigenvalue weighted by Crippen LogP contribution is -2.62. The SMILES string of the molecule is C[C@@H](NC(=O)N1CC2(CCn3nc(-c4cnc(N)c(OC(F)F)c4)cc32)C1)c1ccnc(C#N)c1. The zero-order valence-electron chi connectivity index (χ0n) is 18.8. The van der Waals surface area contributed by atoms with Crippen LogP contribution < -0.4 is 15.8 Å². The zero-order chi connectivity index (χ0) is 24.7. The summed E-state index contributed by atoms with van der Waals surface area (Å²) in [6.45, 7) is 0.615. The molecule has 2 aliphatic heterocycles. The van der Waals surface area contributed by atoms with Crippen molar-refractivity contribution in [2.45, 2.75) is 38.0 Å². The maximum Gasteiger partial charge on any atom is 0.387 e. The van der Waals surface area contributed by atoms with E-state index in [9.17, 15) is 13.6 Å². The lowest BCUT2D eigenvalue weighted by Gasteiger charge is -2.47. The molecular weight excluding hydrogens is 458 g/mol. The molecule has 180 valence electrons. The number of carbonyl (C=O) groups excluding carboxylic acids is 1. The van der Waals surface area contributed by atoms with E-state index >= 15 is 0 Å². The Morgan fingerprint density at radius 3 is 2.86 bits per heavy atom. The molecule has 0 radical (unpaired) electrons. The number of urea groups is 1. The van der Waals surface area contributed by atoms with Crippen LogP contribution in [-0.2, 0) is 12.0 Å². The van der Waals surface area contributed by atoms with Crippen molar-refractivity contribution in [1.29, 1.82) is 5.26 Å². The van der Waals surface area contributed by atoms with Gasteiger partial charge in [-0.25, -0.2) is 14.8 Å². The summed E-state index contributed by atoms with van der Waals surface area (Å²) < 4.78 is 31.6. The Kier molecular flexibility index (Phi) is 5.47. The van der Waals surface area contributed by atoms with E-state index in [1.165, 1.54) is 12.3 Å². The molecule has 3 aromatic rings. The number of pyridine rings is 2. The van der Waals surface area contributed by atoms with Gasteiger partial charge < -0.3 is 20.7 Å². The van der Waals surface area contributed by atoms with Gasteiger partial charge in [-0.2, -0.15) is 19.1 Å². The number of anilines is 1. The average Bonchev–Trinajstić information content (AvgIpc) is 3.38. The summed E-state index contributed by atoms with van der Waals surface area (Å²) in [7, 11) is 0. The lowest BCUT2D eigenvalue weighted by atomic mass is 9.76. The van der Waals surface area contributed by atoms with Gasteiger partial charge in [0.05, 0.1) is 11.7 Å². The second kappa shape index (κ2) is 8.50. The number of alkyl halides is 2. The Balaban J connectivity index is 1.27. The van der Waals surface area contributed by atoms with E-state index in [1.807, 2.05) is 23.7 Å². The predicted molar refractivity (Wildman–Crippen MR) is 120 cm³/mol. The highest BCUT2D eigenvalue weighted by molar-refractivity contribution is 5.76. The Morgan fingerprint density at radius 1 is 1.31 bits per heavy atom. The van der Waals surface area contributed by atoms with E-state index in [0.717, 1.165) is 17.7 Å². The highest BCUT2D eigenvalue weighted by atomic mass is 19.3. The number of aromatic nitrogens is 4. The van der Waals surface area contributed by atoms with Gasteiger partial charge in [0.25, 0.3) is 0 Å². The third-order valence-electron chi connectivity index (χ3n) is 6.53. The fourth-order valence-electron chi connectivity index (χ4n) is 4.67. The molecule has 0 bridgehead atoms. The highest BCUT2D eigenvalue weighted by Gasteiger charge is 2.51. The number of fused-ring (bicyclic) bond motifs is 2. The molecule has 0 aliphatic carbocycles. The third kappa shape index (κ3) is 4.09. The van der Waals surface area contributed by atoms with Crippen LogP contribution in [0.15, 0.2) is 36.7 Å². The van der Waals surface area contributed by atoms with Gasteiger partial charge in [-0.05, 0) is 43.2 Å². The molecule has 1 atom stereocenters. The van der Waals surface area contributed by atoms with Crippen LogP contribution in [-0.4, -0.2) is 50.4 Å². The van der Waals surface area contributed by atoms with Crippen molar-refractivity contribution >= 4 is 11.8 Å². The molecule has 35 heavy (non-hydrogen) atoms. The summed E-state index contributed by atoms with van der Waals surface area (Å²) in [5, 5.41) is 16.6. The van der Waals surface area contributed by atoms with Gasteiger partial charge in [0, 0.05) is 48.7 Å². The Bertz CT molecular complexity index is 1330. The lowest BCUT2D eigenvalue weighted by molar-refractivity contribution is -0.0494. The first-order valence-electron chi connectivity index (χ1n) is 11.0. The van der Waals surface area contributed by atoms with Crippen molar-refractivity contribution in [1.82, 2.24) is 30.0 Å². The van der Waals surface area contributed by atoms with Crippen LogP contribution in [0.3, 0.4) is 0 Å². The fourth-order valence-corrected chi connectivity index (χ4v) is 4.67. The highest BCUT2D eigenvalue weighted by Crippen LogP contribution is 2.44. The smallest absolute Gasteiger partial charge is 0.387 e. The molecule has 10 nitrogen and oxygen atoms in total. The van der Waals surface area contributed by atoms with Gasteiger partial charge in [0.15, 0.2) is 11.6 Å². The summed E-state index contributed by atoms with van der Waals surface area (Å²) in [4.78, 5) is 22.5. The van der Waals surface area contributed by atoms with Crippen LogP contribution in [0.25, 0.3) is 11.3 Å². The summed E-state index contributed by atoms with van der Waals surface area (Å²) in [6.07, 6.45) is 3.87. The molecule has 0 aromatic carbocycles. The molecular formula is C23H22F2N8O2. The third-order valence-corrected chi connectivity index (χ3v) is 6.53. The van der Waals surface area contributed by atoms with E-state index in [2.05, 4.69) is 25.1 Å². The maximum atomic E-state index is 12.8. The maximum absolute atomic E-state index is 12.8. The molecule has 0 saturated carbocycles. The van der Waals surface area contributed by atoms with E-state index in [0.29, 0.717) is 36.6 Å². The number of amides is 2. The molecule has 1 fully saturated rings. The van der Waals surface area contributed by atoms with Crippen molar-refractivity contribution in [3.63, 3.8) is 0 Å². The molecule has 2 aliphatic rings. The van der Waals surface area contributed by atoms with Gasteiger partial charge in [-0.1, -0.05) is 0 Å². The number of carbonyl (C=O) groups is 1. The first-order chi connectivity index (χ1) is 16.8. The van der Waals surface area contributed by atoms with Crippen LogP contribution in [0.1, 0.15) is 36.3 Å². The Labute approximate surface area is 199 Å². The number of hydrogen-bond acceptors (Lipinski definition) is 7. The van der Waals surface area contributed by atoms with Crippen molar-refractivity contribution < 1.29 is 18.3 Å². The van der Waals surface area contributed by atoms with Crippen molar-refractivity contribution in [2.75, 3.05) is 18.8 Å². The number of aryl methyl sites for hydroxylation is 1. The Hall–Kier alpha value is -4.27. The van der Waals surface area contributed by atoms with E-state index in [4.69, 9.17) is 11.0 Å². The van der Waals surface area contributed by atoms with Crippen molar-refractivity contribution in [3.8, 4) is 23.1 Å². The van der Waals surface area contributed by atoms with Crippen molar-refractivity contribution in [3.05, 3.63) is 53.6 Å². The molecule has 0 unspecified atom stereocenters. The molecule has 5 rings (SSSR count). The second-order valence-electron chi connectivity index (χ2n) is 8.77. The Morgan fingerprint density at radius 2 is 2.11 bits per heavy atom. The first kappa shape index (κ1) is 22.5. The van der Waals surface area contributed by atoms with Crippen LogP contribution in [0, 0.1) is 11.3 Å². The standard InChI is InChI=1S/C23H22F2N8O2/c1-13(14-2-4-28-16(6-14)9-26)30-22(34)32-11-23(12-32)3-5-33-19(23)8-17(31-33)15-7-18(35-21(24)25)20(27)29-10-15/h2,4,6-8,10,13,21H,3,5,11-12H2,1H3,(H2,27,29)(H,30,34)/t13-/m1/s1. The van der Waals surface area contributed by atoms with Gasteiger partial charge in [0.2, 0.25) is 0 Å². The molecule has 5 heterocycles. The fraction of sp³-hybridized carbons (Fsp3) is 0.348.